The maximum Gasteiger partial charge on any atom is 0.266 e. The van der Waals surface area contributed by atoms with Gasteiger partial charge < -0.3 is 10.1 Å². The van der Waals surface area contributed by atoms with Crippen LogP contribution in [0.25, 0.3) is 6.08 Å². The van der Waals surface area contributed by atoms with Gasteiger partial charge >= 0.3 is 0 Å². The lowest BCUT2D eigenvalue weighted by molar-refractivity contribution is -0.122. The molecule has 172 valence electrons. The van der Waals surface area contributed by atoms with Crippen LogP contribution in [0.5, 0.6) is 5.75 Å². The molecule has 0 bridgehead atoms. The highest BCUT2D eigenvalue weighted by Gasteiger charge is 2.31. The van der Waals surface area contributed by atoms with Crippen molar-refractivity contribution in [3.63, 3.8) is 0 Å². The molecule has 0 saturated carbocycles. The number of amides is 2. The second kappa shape index (κ2) is 10.9. The molecule has 1 fully saturated rings. The van der Waals surface area contributed by atoms with E-state index in [4.69, 9.17) is 28.6 Å². The van der Waals surface area contributed by atoms with E-state index >= 15 is 0 Å². The zero-order chi connectivity index (χ0) is 24.1. The molecule has 0 aromatic heterocycles. The van der Waals surface area contributed by atoms with Gasteiger partial charge in [-0.05, 0) is 54.0 Å². The van der Waals surface area contributed by atoms with Crippen molar-refractivity contribution in [1.29, 1.82) is 0 Å². The van der Waals surface area contributed by atoms with E-state index in [1.54, 1.807) is 29.2 Å². The van der Waals surface area contributed by atoms with E-state index < -0.39 is 0 Å². The van der Waals surface area contributed by atoms with E-state index in [-0.39, 0.29) is 18.4 Å². The van der Waals surface area contributed by atoms with Gasteiger partial charge in [0.1, 0.15) is 10.1 Å². The first-order chi connectivity index (χ1) is 16.4. The quantitative estimate of drug-likeness (QED) is 0.310. The van der Waals surface area contributed by atoms with Crippen LogP contribution in [-0.4, -0.2) is 27.6 Å². The number of nitrogens with one attached hydrogen (secondary N) is 1. The first-order valence-corrected chi connectivity index (χ1v) is 12.1. The summed E-state index contributed by atoms with van der Waals surface area (Å²) in [5.74, 6) is 0.162. The van der Waals surface area contributed by atoms with Crippen LogP contribution in [0.2, 0.25) is 5.02 Å². The Labute approximate surface area is 212 Å². The number of thiocarbonyl (C=S) groups is 1. The smallest absolute Gasteiger partial charge is 0.266 e. The number of benzene rings is 3. The largest absolute Gasteiger partial charge is 0.484 e. The minimum absolute atomic E-state index is 0.104. The summed E-state index contributed by atoms with van der Waals surface area (Å²) in [5.41, 5.74) is 3.43. The fourth-order valence-corrected chi connectivity index (χ4v) is 4.71. The van der Waals surface area contributed by atoms with Gasteiger partial charge in [-0.25, -0.2) is 0 Å². The van der Waals surface area contributed by atoms with Crippen molar-refractivity contribution >= 4 is 63.5 Å². The number of ether oxygens (including phenoxy) is 1. The Morgan fingerprint density at radius 1 is 1.12 bits per heavy atom. The molecule has 8 heteroatoms. The summed E-state index contributed by atoms with van der Waals surface area (Å²) in [6, 6.07) is 22.2. The molecule has 0 atom stereocenters. The van der Waals surface area contributed by atoms with E-state index in [1.807, 2.05) is 61.5 Å². The lowest BCUT2D eigenvalue weighted by atomic mass is 10.2. The molecule has 1 aliphatic heterocycles. The van der Waals surface area contributed by atoms with Crippen molar-refractivity contribution in [2.45, 2.75) is 13.5 Å². The lowest BCUT2D eigenvalue weighted by Crippen LogP contribution is -2.27. The number of carbonyl (C=O) groups is 2. The molecule has 0 aliphatic carbocycles. The normalized spacial score (nSPS) is 14.5. The van der Waals surface area contributed by atoms with Crippen LogP contribution in [0.4, 0.5) is 5.69 Å². The Morgan fingerprint density at radius 2 is 1.85 bits per heavy atom. The number of hydrogen-bond acceptors (Lipinski definition) is 5. The molecule has 1 N–H and O–H groups in total. The molecule has 0 unspecified atom stereocenters. The molecule has 2 amide bonds. The van der Waals surface area contributed by atoms with Gasteiger partial charge in [0.05, 0.1) is 11.4 Å². The van der Waals surface area contributed by atoms with Crippen molar-refractivity contribution in [2.24, 2.45) is 0 Å². The van der Waals surface area contributed by atoms with Gasteiger partial charge in [-0.1, -0.05) is 84.1 Å². The second-order valence-corrected chi connectivity index (χ2v) is 9.73. The predicted octanol–water partition coefficient (Wildman–Crippen LogP) is 6.07. The lowest BCUT2D eigenvalue weighted by Gasteiger charge is -2.14. The molecule has 0 radical (unpaired) electrons. The Kier molecular flexibility index (Phi) is 7.67. The summed E-state index contributed by atoms with van der Waals surface area (Å²) in [7, 11) is 0. The van der Waals surface area contributed by atoms with E-state index in [0.29, 0.717) is 32.2 Å². The van der Waals surface area contributed by atoms with Gasteiger partial charge in [-0.15, -0.1) is 0 Å². The van der Waals surface area contributed by atoms with Crippen molar-refractivity contribution in [3.05, 3.63) is 99.4 Å². The van der Waals surface area contributed by atoms with Gasteiger partial charge in [0, 0.05) is 10.7 Å². The fraction of sp³-hybridized carbons (Fsp3) is 0.115. The van der Waals surface area contributed by atoms with Crippen LogP contribution in [0.15, 0.2) is 77.7 Å². The van der Waals surface area contributed by atoms with Gasteiger partial charge in [-0.2, -0.15) is 0 Å². The molecule has 1 heterocycles. The SMILES string of the molecule is Cc1ccc(Cl)cc1NC(=O)COc1ccc(/C=C2\SC(=S)N(Cc3ccccc3)C2=O)cc1. The molecule has 3 aromatic carbocycles. The molecule has 34 heavy (non-hydrogen) atoms. The van der Waals surface area contributed by atoms with Crippen LogP contribution in [0, 0.1) is 6.92 Å². The Hall–Kier alpha value is -3.13. The predicted molar refractivity (Wildman–Crippen MR) is 142 cm³/mol. The maximum atomic E-state index is 12.8. The van der Waals surface area contributed by atoms with E-state index in [9.17, 15) is 9.59 Å². The molecule has 5 nitrogen and oxygen atoms in total. The highest BCUT2D eigenvalue weighted by Crippen LogP contribution is 2.33. The Bertz CT molecular complexity index is 1260. The summed E-state index contributed by atoms with van der Waals surface area (Å²) < 4.78 is 6.13. The highest BCUT2D eigenvalue weighted by molar-refractivity contribution is 8.26. The number of aryl methyl sites for hydroxylation is 1. The number of hydrogen-bond donors (Lipinski definition) is 1. The monoisotopic (exact) mass is 508 g/mol. The number of halogens is 1. The summed E-state index contributed by atoms with van der Waals surface area (Å²) in [4.78, 5) is 27.3. The summed E-state index contributed by atoms with van der Waals surface area (Å²) >= 11 is 12.7. The van der Waals surface area contributed by atoms with Crippen LogP contribution < -0.4 is 10.1 Å². The zero-order valence-corrected chi connectivity index (χ0v) is 20.7. The van der Waals surface area contributed by atoms with Gasteiger partial charge in [-0.3, -0.25) is 14.5 Å². The first kappa shape index (κ1) is 24.0. The Morgan fingerprint density at radius 3 is 2.59 bits per heavy atom. The van der Waals surface area contributed by atoms with Crippen LogP contribution in [0.3, 0.4) is 0 Å². The number of carbonyl (C=O) groups excluding carboxylic acids is 2. The third kappa shape index (κ3) is 6.05. The number of thioether (sulfide) groups is 1. The minimum Gasteiger partial charge on any atom is -0.484 e. The number of nitrogens with zero attached hydrogens (tertiary/aromatic N) is 1. The van der Waals surface area contributed by atoms with Gasteiger partial charge in [0.2, 0.25) is 0 Å². The molecule has 3 aromatic rings. The second-order valence-electron chi connectivity index (χ2n) is 7.62. The number of anilines is 1. The van der Waals surface area contributed by atoms with E-state index in [1.165, 1.54) is 11.8 Å². The summed E-state index contributed by atoms with van der Waals surface area (Å²) in [6.07, 6.45) is 1.81. The van der Waals surface area contributed by atoms with Crippen LogP contribution >= 0.6 is 35.6 Å². The maximum absolute atomic E-state index is 12.8. The fourth-order valence-electron chi connectivity index (χ4n) is 3.28. The van der Waals surface area contributed by atoms with Crippen LogP contribution in [-0.2, 0) is 16.1 Å². The van der Waals surface area contributed by atoms with Crippen LogP contribution in [0.1, 0.15) is 16.7 Å². The van der Waals surface area contributed by atoms with Gasteiger partial charge in [0.15, 0.2) is 6.61 Å². The summed E-state index contributed by atoms with van der Waals surface area (Å²) in [6.45, 7) is 2.21. The third-order valence-electron chi connectivity index (χ3n) is 5.08. The van der Waals surface area contributed by atoms with E-state index in [2.05, 4.69) is 5.32 Å². The van der Waals surface area contributed by atoms with Crippen molar-refractivity contribution < 1.29 is 14.3 Å². The van der Waals surface area contributed by atoms with Crippen molar-refractivity contribution in [3.8, 4) is 5.75 Å². The first-order valence-electron chi connectivity index (χ1n) is 10.5. The average Bonchev–Trinajstić information content (AvgIpc) is 3.09. The zero-order valence-electron chi connectivity index (χ0n) is 18.3. The molecule has 0 spiro atoms. The standard InChI is InChI=1S/C26H21ClN2O3S2/c1-17-7-10-20(27)14-22(17)28-24(30)16-32-21-11-8-18(9-12-21)13-23-25(31)29(26(33)34-23)15-19-5-3-2-4-6-19/h2-14H,15-16H2,1H3,(H,28,30)/b23-13-. The van der Waals surface area contributed by atoms with E-state index in [0.717, 1.165) is 16.7 Å². The highest BCUT2D eigenvalue weighted by atomic mass is 35.5. The molecule has 1 saturated heterocycles. The minimum atomic E-state index is -0.281. The third-order valence-corrected chi connectivity index (χ3v) is 6.69. The summed E-state index contributed by atoms with van der Waals surface area (Å²) in [5, 5.41) is 3.35. The Balaban J connectivity index is 1.34. The van der Waals surface area contributed by atoms with Crippen molar-refractivity contribution in [2.75, 3.05) is 11.9 Å². The molecular formula is C26H21ClN2O3S2. The average molecular weight is 509 g/mol. The number of rotatable bonds is 7. The van der Waals surface area contributed by atoms with Gasteiger partial charge in [0.25, 0.3) is 11.8 Å². The molecule has 4 rings (SSSR count). The topological polar surface area (TPSA) is 58.6 Å². The molecular weight excluding hydrogens is 488 g/mol. The molecule has 1 aliphatic rings. The van der Waals surface area contributed by atoms with Crippen molar-refractivity contribution in [1.82, 2.24) is 4.90 Å².